The average Bonchev–Trinajstić information content (AvgIpc) is 2.61. The predicted molar refractivity (Wildman–Crippen MR) is 67.3 cm³/mol. The summed E-state index contributed by atoms with van der Waals surface area (Å²) in [7, 11) is 1.65. The highest BCUT2D eigenvalue weighted by molar-refractivity contribution is 5.88. The van der Waals surface area contributed by atoms with E-state index in [1.807, 2.05) is 18.2 Å². The number of benzene rings is 1. The summed E-state index contributed by atoms with van der Waals surface area (Å²) in [5.74, 6) is -0.123. The van der Waals surface area contributed by atoms with Gasteiger partial charge in [0.25, 0.3) is 0 Å². The number of hydrogen-bond donors (Lipinski definition) is 1. The molecule has 0 radical (unpaired) electrons. The van der Waals surface area contributed by atoms with E-state index in [0.717, 1.165) is 5.56 Å². The molecule has 6 heteroatoms. The van der Waals surface area contributed by atoms with E-state index in [2.05, 4.69) is 10.4 Å². The molecule has 1 aromatic carbocycles. The van der Waals surface area contributed by atoms with Gasteiger partial charge in [0.1, 0.15) is 6.33 Å². The SMILES string of the molecule is CC(=O)Nc1cccc(Cn2ncn(C)c2=O)c1. The molecule has 2 aromatic rings. The Balaban J connectivity index is 2.22. The Kier molecular flexibility index (Phi) is 3.27. The third kappa shape index (κ3) is 2.65. The number of aryl methyl sites for hydroxylation is 1. The van der Waals surface area contributed by atoms with Crippen molar-refractivity contribution in [2.75, 3.05) is 5.32 Å². The van der Waals surface area contributed by atoms with Crippen LogP contribution < -0.4 is 11.0 Å². The van der Waals surface area contributed by atoms with E-state index in [-0.39, 0.29) is 11.6 Å². The molecule has 6 nitrogen and oxygen atoms in total. The van der Waals surface area contributed by atoms with Gasteiger partial charge in [-0.25, -0.2) is 9.48 Å². The Labute approximate surface area is 104 Å². The minimum atomic E-state index is -0.167. The molecule has 0 aliphatic rings. The molecule has 0 aliphatic heterocycles. The highest BCUT2D eigenvalue weighted by Gasteiger charge is 2.03. The maximum atomic E-state index is 11.6. The first kappa shape index (κ1) is 12.1. The molecule has 0 saturated carbocycles. The van der Waals surface area contributed by atoms with Crippen LogP contribution in [0.2, 0.25) is 0 Å². The van der Waals surface area contributed by atoms with Gasteiger partial charge in [-0.1, -0.05) is 12.1 Å². The molecular formula is C12H14N4O2. The largest absolute Gasteiger partial charge is 0.345 e. The molecule has 1 aromatic heterocycles. The molecule has 0 spiro atoms. The molecule has 0 saturated heterocycles. The third-order valence-corrected chi connectivity index (χ3v) is 2.47. The summed E-state index contributed by atoms with van der Waals surface area (Å²) >= 11 is 0. The van der Waals surface area contributed by atoms with Crippen LogP contribution in [0.15, 0.2) is 35.4 Å². The summed E-state index contributed by atoms with van der Waals surface area (Å²) in [6, 6.07) is 7.33. The van der Waals surface area contributed by atoms with Crippen LogP contribution in [0, 0.1) is 0 Å². The number of anilines is 1. The van der Waals surface area contributed by atoms with Crippen LogP contribution in [0.5, 0.6) is 0 Å². The Morgan fingerprint density at radius 3 is 2.83 bits per heavy atom. The predicted octanol–water partition coefficient (Wildman–Crippen LogP) is 0.588. The quantitative estimate of drug-likeness (QED) is 0.861. The van der Waals surface area contributed by atoms with E-state index in [4.69, 9.17) is 0 Å². The molecule has 0 atom stereocenters. The van der Waals surface area contributed by atoms with Crippen molar-refractivity contribution in [3.05, 3.63) is 46.6 Å². The lowest BCUT2D eigenvalue weighted by Gasteiger charge is -2.05. The van der Waals surface area contributed by atoms with Gasteiger partial charge in [-0.2, -0.15) is 5.10 Å². The molecular weight excluding hydrogens is 232 g/mol. The van der Waals surface area contributed by atoms with Gasteiger partial charge in [0, 0.05) is 19.7 Å². The molecule has 18 heavy (non-hydrogen) atoms. The monoisotopic (exact) mass is 246 g/mol. The maximum Gasteiger partial charge on any atom is 0.345 e. The van der Waals surface area contributed by atoms with Crippen molar-refractivity contribution in [2.24, 2.45) is 7.05 Å². The zero-order valence-electron chi connectivity index (χ0n) is 10.3. The van der Waals surface area contributed by atoms with Crippen LogP contribution in [0.3, 0.4) is 0 Å². The number of nitrogens with one attached hydrogen (secondary N) is 1. The first-order chi connectivity index (χ1) is 8.56. The number of rotatable bonds is 3. The summed E-state index contributed by atoms with van der Waals surface area (Å²) in [5.41, 5.74) is 1.45. The Hall–Kier alpha value is -2.37. The lowest BCUT2D eigenvalue weighted by molar-refractivity contribution is -0.114. The molecule has 2 rings (SSSR count). The fraction of sp³-hybridized carbons (Fsp3) is 0.250. The van der Waals surface area contributed by atoms with Crippen LogP contribution in [-0.2, 0) is 18.4 Å². The highest BCUT2D eigenvalue weighted by Crippen LogP contribution is 2.10. The number of carbonyl (C=O) groups is 1. The zero-order chi connectivity index (χ0) is 13.1. The van der Waals surface area contributed by atoms with Gasteiger partial charge in [-0.15, -0.1) is 0 Å². The number of aromatic nitrogens is 3. The van der Waals surface area contributed by atoms with Gasteiger partial charge in [0.2, 0.25) is 5.91 Å². The van der Waals surface area contributed by atoms with Crippen LogP contribution >= 0.6 is 0 Å². The molecule has 0 aliphatic carbocycles. The minimum Gasteiger partial charge on any atom is -0.326 e. The minimum absolute atomic E-state index is 0.123. The van der Waals surface area contributed by atoms with E-state index in [1.54, 1.807) is 13.1 Å². The van der Waals surface area contributed by atoms with Crippen molar-refractivity contribution >= 4 is 11.6 Å². The lowest BCUT2D eigenvalue weighted by atomic mass is 10.2. The second-order valence-corrected chi connectivity index (χ2v) is 4.06. The maximum absolute atomic E-state index is 11.6. The van der Waals surface area contributed by atoms with Crippen molar-refractivity contribution in [1.29, 1.82) is 0 Å². The highest BCUT2D eigenvalue weighted by atomic mass is 16.2. The summed E-state index contributed by atoms with van der Waals surface area (Å²) in [6.07, 6.45) is 1.47. The van der Waals surface area contributed by atoms with Gasteiger partial charge >= 0.3 is 5.69 Å². The third-order valence-electron chi connectivity index (χ3n) is 2.47. The molecule has 1 amide bonds. The molecule has 94 valence electrons. The van der Waals surface area contributed by atoms with E-state index < -0.39 is 0 Å². The Morgan fingerprint density at radius 1 is 1.44 bits per heavy atom. The number of nitrogens with zero attached hydrogens (tertiary/aromatic N) is 3. The second-order valence-electron chi connectivity index (χ2n) is 4.06. The van der Waals surface area contributed by atoms with E-state index in [1.165, 1.54) is 22.5 Å². The van der Waals surface area contributed by atoms with Crippen LogP contribution in [-0.4, -0.2) is 20.3 Å². The van der Waals surface area contributed by atoms with Crippen molar-refractivity contribution in [3.8, 4) is 0 Å². The van der Waals surface area contributed by atoms with Gasteiger partial charge in [-0.3, -0.25) is 9.36 Å². The number of carbonyl (C=O) groups excluding carboxylic acids is 1. The van der Waals surface area contributed by atoms with Crippen molar-refractivity contribution < 1.29 is 4.79 Å². The van der Waals surface area contributed by atoms with Crippen LogP contribution in [0.25, 0.3) is 0 Å². The fourth-order valence-electron chi connectivity index (χ4n) is 1.65. The Bertz CT molecular complexity index is 627. The van der Waals surface area contributed by atoms with Crippen molar-refractivity contribution in [2.45, 2.75) is 13.5 Å². The van der Waals surface area contributed by atoms with E-state index >= 15 is 0 Å². The first-order valence-electron chi connectivity index (χ1n) is 5.51. The normalized spacial score (nSPS) is 10.3. The topological polar surface area (TPSA) is 68.9 Å². The molecule has 0 fully saturated rings. The summed E-state index contributed by atoms with van der Waals surface area (Å²) in [5, 5.41) is 6.68. The molecule has 1 N–H and O–H groups in total. The van der Waals surface area contributed by atoms with Crippen molar-refractivity contribution in [3.63, 3.8) is 0 Å². The lowest BCUT2D eigenvalue weighted by Crippen LogP contribution is -2.23. The van der Waals surface area contributed by atoms with Gasteiger partial charge in [-0.05, 0) is 17.7 Å². The van der Waals surface area contributed by atoms with Crippen LogP contribution in [0.1, 0.15) is 12.5 Å². The van der Waals surface area contributed by atoms with Gasteiger partial charge < -0.3 is 5.32 Å². The van der Waals surface area contributed by atoms with E-state index in [0.29, 0.717) is 12.2 Å². The molecule has 0 bridgehead atoms. The van der Waals surface area contributed by atoms with Gasteiger partial charge in [0.05, 0.1) is 6.54 Å². The summed E-state index contributed by atoms with van der Waals surface area (Å²) in [4.78, 5) is 22.6. The standard InChI is InChI=1S/C12H14N4O2/c1-9(17)14-11-5-3-4-10(6-11)7-16-12(18)15(2)8-13-16/h3-6,8H,7H2,1-2H3,(H,14,17). The molecule has 1 heterocycles. The smallest absolute Gasteiger partial charge is 0.326 e. The van der Waals surface area contributed by atoms with Crippen molar-refractivity contribution in [1.82, 2.24) is 14.3 Å². The van der Waals surface area contributed by atoms with Gasteiger partial charge in [0.15, 0.2) is 0 Å². The fourth-order valence-corrected chi connectivity index (χ4v) is 1.65. The Morgan fingerprint density at radius 2 is 2.22 bits per heavy atom. The van der Waals surface area contributed by atoms with E-state index in [9.17, 15) is 9.59 Å². The van der Waals surface area contributed by atoms with Crippen LogP contribution in [0.4, 0.5) is 5.69 Å². The molecule has 0 unspecified atom stereocenters. The summed E-state index contributed by atoms with van der Waals surface area (Å²) in [6.45, 7) is 1.84. The second kappa shape index (κ2) is 4.87. The average molecular weight is 246 g/mol. The number of amides is 1. The summed E-state index contributed by atoms with van der Waals surface area (Å²) < 4.78 is 2.78. The number of hydrogen-bond acceptors (Lipinski definition) is 3. The first-order valence-corrected chi connectivity index (χ1v) is 5.51. The zero-order valence-corrected chi connectivity index (χ0v) is 10.3.